The van der Waals surface area contributed by atoms with E-state index in [4.69, 9.17) is 0 Å². The Morgan fingerprint density at radius 2 is 1.84 bits per heavy atom. The van der Waals surface area contributed by atoms with Crippen molar-refractivity contribution in [1.29, 1.82) is 0 Å². The number of hydrogen-bond donors (Lipinski definition) is 2. The van der Waals surface area contributed by atoms with E-state index in [1.807, 2.05) is 0 Å². The second-order valence-electron chi connectivity index (χ2n) is 9.29. The third-order valence-electron chi connectivity index (χ3n) is 5.92. The summed E-state index contributed by atoms with van der Waals surface area (Å²) in [7, 11) is 0. The first-order valence-corrected chi connectivity index (χ1v) is 12.7. The van der Waals surface area contributed by atoms with Gasteiger partial charge in [-0.25, -0.2) is 13.8 Å². The fourth-order valence-corrected chi connectivity index (χ4v) is 3.87. The summed E-state index contributed by atoms with van der Waals surface area (Å²) in [6.45, 7) is -1.72. The lowest BCUT2D eigenvalue weighted by Crippen LogP contribution is -2.36. The number of pyridine rings is 1. The predicted octanol–water partition coefficient (Wildman–Crippen LogP) is 3.85. The van der Waals surface area contributed by atoms with Gasteiger partial charge in [-0.1, -0.05) is 16.5 Å². The Labute approximate surface area is 247 Å². The molecule has 20 heteroatoms. The van der Waals surface area contributed by atoms with Crippen LogP contribution >= 0.6 is 0 Å². The quantitative estimate of drug-likeness (QED) is 0.221. The molecule has 0 aliphatic rings. The molecule has 4 aromatic rings. The average Bonchev–Trinajstić information content (AvgIpc) is 3.67. The zero-order valence-corrected chi connectivity index (χ0v) is 22.6. The van der Waals surface area contributed by atoms with Crippen LogP contribution in [0, 0.1) is 5.82 Å². The molecule has 0 aliphatic heterocycles. The summed E-state index contributed by atoms with van der Waals surface area (Å²) >= 11 is 0. The number of alkyl halides is 7. The van der Waals surface area contributed by atoms with Gasteiger partial charge in [-0.3, -0.25) is 19.4 Å². The van der Waals surface area contributed by atoms with E-state index in [-0.39, 0.29) is 35.6 Å². The minimum atomic E-state index is -5.00. The van der Waals surface area contributed by atoms with E-state index in [9.17, 15) is 40.3 Å². The Hall–Kier alpha value is -5.17. The highest BCUT2D eigenvalue weighted by atomic mass is 19.4. The number of rotatable bonds is 12. The fraction of sp³-hybridized carbons (Fsp3) is 0.320. The Morgan fingerprint density at radius 3 is 2.53 bits per heavy atom. The molecule has 0 saturated heterocycles. The molecule has 1 unspecified atom stereocenters. The van der Waals surface area contributed by atoms with Crippen LogP contribution in [0.25, 0.3) is 0 Å². The summed E-state index contributed by atoms with van der Waals surface area (Å²) in [5, 5.41) is 18.9. The molecule has 4 rings (SSSR count). The Morgan fingerprint density at radius 1 is 1.07 bits per heavy atom. The van der Waals surface area contributed by atoms with Crippen LogP contribution < -0.4 is 10.1 Å². The highest BCUT2D eigenvalue weighted by Crippen LogP contribution is 2.28. The van der Waals surface area contributed by atoms with Crippen molar-refractivity contribution >= 4 is 11.8 Å². The van der Waals surface area contributed by atoms with Crippen LogP contribution in [-0.2, 0) is 25.8 Å². The normalized spacial score (nSPS) is 12.5. The van der Waals surface area contributed by atoms with Crippen LogP contribution in [-0.4, -0.2) is 71.2 Å². The molecule has 1 atom stereocenters. The maximum Gasteiger partial charge on any atom is 0.573 e. The van der Waals surface area contributed by atoms with Gasteiger partial charge in [0.1, 0.15) is 23.4 Å². The van der Waals surface area contributed by atoms with Gasteiger partial charge < -0.3 is 15.0 Å². The second-order valence-corrected chi connectivity index (χ2v) is 9.29. The molecule has 0 radical (unpaired) electrons. The standard InChI is InChI=1S/C25H21F8N9O3/c26-15(11-41(23(44)19-10-35-39-37-19)12-16-2-1-3-21(36-16)24(28,29)30)6-7-42-13-20(38-40-42)22(43)34-9-14-8-17(4-5-18(14)27)45-25(31,32)33/h1-5,8,10,13,15H,6-7,9,11-12H2,(H,34,43)(H,35,37,39). The molecule has 2 N–H and O–H groups in total. The van der Waals surface area contributed by atoms with Crippen LogP contribution in [0.3, 0.4) is 0 Å². The number of ether oxygens (including phenoxy) is 1. The van der Waals surface area contributed by atoms with E-state index < -0.39 is 67.4 Å². The van der Waals surface area contributed by atoms with Crippen LogP contribution in [0.4, 0.5) is 35.1 Å². The number of amides is 2. The molecule has 0 saturated carbocycles. The minimum absolute atomic E-state index is 0.152. The highest BCUT2D eigenvalue weighted by molar-refractivity contribution is 5.92. The topological polar surface area (TPSA) is 144 Å². The van der Waals surface area contributed by atoms with E-state index in [1.165, 1.54) is 6.07 Å². The highest BCUT2D eigenvalue weighted by Gasteiger charge is 2.33. The third-order valence-corrected chi connectivity index (χ3v) is 5.92. The van der Waals surface area contributed by atoms with Gasteiger partial charge in [-0.05, 0) is 36.8 Å². The van der Waals surface area contributed by atoms with Gasteiger partial charge in [-0.2, -0.15) is 13.2 Å². The van der Waals surface area contributed by atoms with E-state index in [0.717, 1.165) is 52.3 Å². The number of benzene rings is 1. The van der Waals surface area contributed by atoms with Crippen molar-refractivity contribution < 1.29 is 49.4 Å². The Bertz CT molecular complexity index is 1610. The molecular weight excluding hydrogens is 626 g/mol. The maximum absolute atomic E-state index is 15.1. The predicted molar refractivity (Wildman–Crippen MR) is 134 cm³/mol. The lowest BCUT2D eigenvalue weighted by Gasteiger charge is -2.23. The number of nitrogens with one attached hydrogen (secondary N) is 2. The van der Waals surface area contributed by atoms with Gasteiger partial charge in [0, 0.05) is 18.7 Å². The number of halogens is 8. The largest absolute Gasteiger partial charge is 0.573 e. The number of hydrogen-bond acceptors (Lipinski definition) is 8. The number of H-pyrrole nitrogens is 1. The van der Waals surface area contributed by atoms with Gasteiger partial charge in [0.25, 0.3) is 11.8 Å². The average molecular weight is 647 g/mol. The number of nitrogens with zero attached hydrogens (tertiary/aromatic N) is 7. The monoisotopic (exact) mass is 647 g/mol. The van der Waals surface area contributed by atoms with Crippen molar-refractivity contribution in [2.75, 3.05) is 6.54 Å². The number of carbonyl (C=O) groups excluding carboxylic acids is 2. The molecule has 0 spiro atoms. The molecule has 3 aromatic heterocycles. The summed E-state index contributed by atoms with van der Waals surface area (Å²) in [4.78, 5) is 29.7. The molecule has 3 heterocycles. The summed E-state index contributed by atoms with van der Waals surface area (Å²) in [6, 6.07) is 5.37. The SMILES string of the molecule is O=C(NCc1cc(OC(F)(F)F)ccc1F)c1cn(CCC(F)CN(Cc2cccc(C(F)(F)F)n2)C(=O)c2c[nH]nn2)nn1. The first kappa shape index (κ1) is 32.7. The van der Waals surface area contributed by atoms with Gasteiger partial charge in [0.2, 0.25) is 0 Å². The lowest BCUT2D eigenvalue weighted by atomic mass is 10.2. The number of carbonyl (C=O) groups is 2. The first-order chi connectivity index (χ1) is 21.2. The number of aromatic nitrogens is 7. The lowest BCUT2D eigenvalue weighted by molar-refractivity contribution is -0.274. The number of aromatic amines is 1. The maximum atomic E-state index is 15.1. The van der Waals surface area contributed by atoms with Crippen molar-refractivity contribution in [3.05, 3.63) is 82.9 Å². The summed E-state index contributed by atoms with van der Waals surface area (Å²) in [5.74, 6) is -3.27. The number of aryl methyl sites for hydroxylation is 1. The van der Waals surface area contributed by atoms with Crippen LogP contribution in [0.2, 0.25) is 0 Å². The molecule has 45 heavy (non-hydrogen) atoms. The smallest absolute Gasteiger partial charge is 0.406 e. The molecular formula is C25H21F8N9O3. The van der Waals surface area contributed by atoms with Gasteiger partial charge in [0.15, 0.2) is 11.4 Å². The Balaban J connectivity index is 1.35. The molecule has 0 aliphatic carbocycles. The summed E-state index contributed by atoms with van der Waals surface area (Å²) in [6.07, 6.45) is -9.49. The zero-order valence-electron chi connectivity index (χ0n) is 22.6. The van der Waals surface area contributed by atoms with Crippen LogP contribution in [0.15, 0.2) is 48.8 Å². The summed E-state index contributed by atoms with van der Waals surface area (Å²) in [5.41, 5.74) is -2.12. The molecule has 0 bridgehead atoms. The minimum Gasteiger partial charge on any atom is -0.406 e. The van der Waals surface area contributed by atoms with E-state index in [0.29, 0.717) is 0 Å². The van der Waals surface area contributed by atoms with Crippen molar-refractivity contribution in [2.45, 2.75) is 44.8 Å². The van der Waals surface area contributed by atoms with E-state index in [1.54, 1.807) is 0 Å². The van der Waals surface area contributed by atoms with Crippen molar-refractivity contribution in [3.63, 3.8) is 0 Å². The first-order valence-electron chi connectivity index (χ1n) is 12.7. The fourth-order valence-electron chi connectivity index (χ4n) is 3.87. The van der Waals surface area contributed by atoms with Crippen LogP contribution in [0.5, 0.6) is 5.75 Å². The van der Waals surface area contributed by atoms with E-state index in [2.05, 4.69) is 40.8 Å². The third kappa shape index (κ3) is 9.41. The molecule has 1 aromatic carbocycles. The zero-order chi connectivity index (χ0) is 32.8. The van der Waals surface area contributed by atoms with Crippen molar-refractivity contribution in [3.8, 4) is 5.75 Å². The Kier molecular flexibility index (Phi) is 9.92. The van der Waals surface area contributed by atoms with Crippen LogP contribution in [0.1, 0.15) is 44.3 Å². The van der Waals surface area contributed by atoms with Crippen molar-refractivity contribution in [2.24, 2.45) is 0 Å². The molecule has 0 fully saturated rings. The second kappa shape index (κ2) is 13.6. The summed E-state index contributed by atoms with van der Waals surface area (Å²) < 4.78 is 110. The molecule has 2 amide bonds. The molecule has 12 nitrogen and oxygen atoms in total. The van der Waals surface area contributed by atoms with Gasteiger partial charge in [0.05, 0.1) is 31.2 Å². The van der Waals surface area contributed by atoms with Gasteiger partial charge >= 0.3 is 12.5 Å². The van der Waals surface area contributed by atoms with Gasteiger partial charge in [-0.15, -0.1) is 23.4 Å². The van der Waals surface area contributed by atoms with Crippen molar-refractivity contribution in [1.82, 2.24) is 45.6 Å². The molecule has 240 valence electrons. The van der Waals surface area contributed by atoms with E-state index >= 15 is 4.39 Å².